The minimum Gasteiger partial charge on any atom is -0.303 e. The quantitative estimate of drug-likeness (QED) is 0.578. The van der Waals surface area contributed by atoms with E-state index >= 15 is 0 Å². The molecule has 0 spiro atoms. The first kappa shape index (κ1) is 19.2. The number of amides is 1. The molecule has 0 aliphatic carbocycles. The van der Waals surface area contributed by atoms with Gasteiger partial charge in [0.15, 0.2) is 5.82 Å². The van der Waals surface area contributed by atoms with E-state index in [0.717, 1.165) is 5.56 Å². The largest absolute Gasteiger partial charge is 0.303 e. The van der Waals surface area contributed by atoms with E-state index in [4.69, 9.17) is 34.8 Å². The third-order valence-corrected chi connectivity index (χ3v) is 5.41. The van der Waals surface area contributed by atoms with Crippen LogP contribution in [0.3, 0.4) is 0 Å². The Morgan fingerprint density at radius 2 is 1.96 bits per heavy atom. The van der Waals surface area contributed by atoms with Gasteiger partial charge in [-0.1, -0.05) is 40.9 Å². The molecule has 2 aromatic heterocycles. The number of anilines is 1. The van der Waals surface area contributed by atoms with Crippen molar-refractivity contribution >= 4 is 62.5 Å². The van der Waals surface area contributed by atoms with E-state index in [0.29, 0.717) is 37.6 Å². The van der Waals surface area contributed by atoms with Crippen molar-refractivity contribution in [2.24, 2.45) is 7.05 Å². The van der Waals surface area contributed by atoms with Crippen LogP contribution < -0.4 is 5.32 Å². The summed E-state index contributed by atoms with van der Waals surface area (Å²) in [5.41, 5.74) is 1.79. The first-order chi connectivity index (χ1) is 12.3. The second-order valence-corrected chi connectivity index (χ2v) is 7.64. The maximum atomic E-state index is 12.5. The lowest BCUT2D eigenvalue weighted by Gasteiger charge is -2.05. The Morgan fingerprint density at radius 1 is 1.23 bits per heavy atom. The van der Waals surface area contributed by atoms with E-state index in [1.54, 1.807) is 37.0 Å². The van der Waals surface area contributed by atoms with E-state index in [-0.39, 0.29) is 5.69 Å². The predicted molar refractivity (Wildman–Crippen MR) is 106 cm³/mol. The highest BCUT2D eigenvalue weighted by molar-refractivity contribution is 9.10. The van der Waals surface area contributed by atoms with Crippen LogP contribution in [0.15, 0.2) is 28.9 Å². The highest BCUT2D eigenvalue weighted by Crippen LogP contribution is 2.26. The van der Waals surface area contributed by atoms with Crippen LogP contribution in [0, 0.1) is 6.92 Å². The van der Waals surface area contributed by atoms with E-state index in [1.807, 2.05) is 6.07 Å². The van der Waals surface area contributed by atoms with E-state index in [2.05, 4.69) is 31.4 Å². The molecule has 1 aromatic carbocycles. The van der Waals surface area contributed by atoms with Gasteiger partial charge in [0, 0.05) is 13.2 Å². The minimum atomic E-state index is -0.390. The lowest BCUT2D eigenvalue weighted by molar-refractivity contribution is 0.101. The summed E-state index contributed by atoms with van der Waals surface area (Å²) in [4.78, 5) is 12.5. The van der Waals surface area contributed by atoms with Gasteiger partial charge in [0.1, 0.15) is 5.69 Å². The van der Waals surface area contributed by atoms with Crippen molar-refractivity contribution in [3.63, 3.8) is 0 Å². The normalized spacial score (nSPS) is 11.0. The molecule has 0 bridgehead atoms. The maximum Gasteiger partial charge on any atom is 0.276 e. The SMILES string of the molecule is Cc1nn(C)c(C(=O)Nc2nn(Cc3ccc(Cl)c(Cl)c3)cc2Br)c1Cl. The molecule has 0 saturated heterocycles. The number of aryl methyl sites for hydroxylation is 2. The highest BCUT2D eigenvalue weighted by atomic mass is 79.9. The van der Waals surface area contributed by atoms with Gasteiger partial charge in [-0.3, -0.25) is 14.2 Å². The number of carbonyl (C=O) groups is 1. The van der Waals surface area contributed by atoms with Crippen molar-refractivity contribution in [3.8, 4) is 0 Å². The van der Waals surface area contributed by atoms with Gasteiger partial charge in [-0.2, -0.15) is 10.2 Å². The summed E-state index contributed by atoms with van der Waals surface area (Å²) in [6, 6.07) is 5.36. The topological polar surface area (TPSA) is 64.7 Å². The molecule has 3 rings (SSSR count). The summed E-state index contributed by atoms with van der Waals surface area (Å²) in [7, 11) is 1.66. The van der Waals surface area contributed by atoms with Gasteiger partial charge in [-0.25, -0.2) is 0 Å². The second-order valence-electron chi connectivity index (χ2n) is 5.60. The minimum absolute atomic E-state index is 0.273. The number of benzene rings is 1. The Kier molecular flexibility index (Phi) is 5.62. The van der Waals surface area contributed by atoms with Crippen LogP contribution in [-0.2, 0) is 13.6 Å². The summed E-state index contributed by atoms with van der Waals surface area (Å²) < 4.78 is 3.75. The number of halogens is 4. The van der Waals surface area contributed by atoms with Gasteiger partial charge in [0.2, 0.25) is 0 Å². The predicted octanol–water partition coefficient (Wildman–Crippen LogP) is 4.95. The molecule has 0 aliphatic heterocycles. The standard InChI is InChI=1S/C16H13BrCl3N5O/c1-8-13(20)14(24(2)22-8)16(26)21-15-10(17)7-25(23-15)6-9-3-4-11(18)12(19)5-9/h3-5,7H,6H2,1-2H3,(H,21,23,26). The van der Waals surface area contributed by atoms with Crippen molar-refractivity contribution in [1.29, 1.82) is 0 Å². The van der Waals surface area contributed by atoms with Gasteiger partial charge in [-0.05, 0) is 40.5 Å². The Balaban J connectivity index is 1.79. The number of nitrogens with zero attached hydrogens (tertiary/aromatic N) is 4. The molecule has 1 N–H and O–H groups in total. The molecule has 0 radical (unpaired) electrons. The summed E-state index contributed by atoms with van der Waals surface area (Å²) in [6.45, 7) is 2.21. The number of aromatic nitrogens is 4. The van der Waals surface area contributed by atoms with Crippen molar-refractivity contribution in [2.75, 3.05) is 5.32 Å². The number of nitrogens with one attached hydrogen (secondary N) is 1. The van der Waals surface area contributed by atoms with Gasteiger partial charge < -0.3 is 5.32 Å². The zero-order valence-electron chi connectivity index (χ0n) is 13.7. The third-order valence-electron chi connectivity index (χ3n) is 3.64. The van der Waals surface area contributed by atoms with Crippen LogP contribution in [0.5, 0.6) is 0 Å². The van der Waals surface area contributed by atoms with Crippen LogP contribution >= 0.6 is 50.7 Å². The van der Waals surface area contributed by atoms with Crippen molar-refractivity contribution in [2.45, 2.75) is 13.5 Å². The molecule has 3 aromatic rings. The van der Waals surface area contributed by atoms with Gasteiger partial charge >= 0.3 is 0 Å². The number of hydrogen-bond donors (Lipinski definition) is 1. The molecule has 26 heavy (non-hydrogen) atoms. The Bertz CT molecular complexity index is 998. The smallest absolute Gasteiger partial charge is 0.276 e. The monoisotopic (exact) mass is 475 g/mol. The number of hydrogen-bond acceptors (Lipinski definition) is 3. The van der Waals surface area contributed by atoms with Crippen LogP contribution in [0.25, 0.3) is 0 Å². The van der Waals surface area contributed by atoms with Crippen LogP contribution in [0.1, 0.15) is 21.7 Å². The van der Waals surface area contributed by atoms with Crippen molar-refractivity contribution < 1.29 is 4.79 Å². The van der Waals surface area contributed by atoms with Crippen LogP contribution in [-0.4, -0.2) is 25.5 Å². The number of carbonyl (C=O) groups excluding carboxylic acids is 1. The molecule has 6 nitrogen and oxygen atoms in total. The molecule has 136 valence electrons. The lowest BCUT2D eigenvalue weighted by Crippen LogP contribution is -2.17. The van der Waals surface area contributed by atoms with Gasteiger partial charge in [-0.15, -0.1) is 0 Å². The van der Waals surface area contributed by atoms with Crippen molar-refractivity contribution in [3.05, 3.63) is 60.9 Å². The molecule has 10 heteroatoms. The average Bonchev–Trinajstić information content (AvgIpc) is 3.02. The Morgan fingerprint density at radius 3 is 2.58 bits per heavy atom. The molecule has 0 fully saturated rings. The first-order valence-corrected chi connectivity index (χ1v) is 9.36. The second kappa shape index (κ2) is 7.60. The summed E-state index contributed by atoms with van der Waals surface area (Å²) in [5, 5.41) is 12.5. The molecular formula is C16H13BrCl3N5O. The molecule has 1 amide bonds. The van der Waals surface area contributed by atoms with E-state index < -0.39 is 5.91 Å². The van der Waals surface area contributed by atoms with Crippen LogP contribution in [0.4, 0.5) is 5.82 Å². The fourth-order valence-corrected chi connectivity index (χ4v) is 3.41. The zero-order valence-corrected chi connectivity index (χ0v) is 17.6. The molecule has 0 atom stereocenters. The Labute approximate surface area is 173 Å². The first-order valence-electron chi connectivity index (χ1n) is 7.43. The van der Waals surface area contributed by atoms with Gasteiger partial charge in [0.05, 0.1) is 31.8 Å². The Hall–Kier alpha value is -1.54. The molecule has 0 aliphatic rings. The summed E-state index contributed by atoms with van der Waals surface area (Å²) in [6.07, 6.45) is 1.76. The molecular weight excluding hydrogens is 464 g/mol. The zero-order chi connectivity index (χ0) is 19.0. The molecule has 0 saturated carbocycles. The lowest BCUT2D eigenvalue weighted by atomic mass is 10.2. The van der Waals surface area contributed by atoms with Gasteiger partial charge in [0.25, 0.3) is 5.91 Å². The number of rotatable bonds is 4. The summed E-state index contributed by atoms with van der Waals surface area (Å²) in [5.74, 6) is -0.0106. The van der Waals surface area contributed by atoms with E-state index in [1.165, 1.54) is 4.68 Å². The highest BCUT2D eigenvalue weighted by Gasteiger charge is 2.20. The average molecular weight is 478 g/mol. The third kappa shape index (κ3) is 3.91. The summed E-state index contributed by atoms with van der Waals surface area (Å²) >= 11 is 21.5. The molecule has 0 unspecified atom stereocenters. The molecule has 2 heterocycles. The van der Waals surface area contributed by atoms with Crippen molar-refractivity contribution in [1.82, 2.24) is 19.6 Å². The fraction of sp³-hybridized carbons (Fsp3) is 0.188. The maximum absolute atomic E-state index is 12.5. The fourth-order valence-electron chi connectivity index (χ4n) is 2.43. The van der Waals surface area contributed by atoms with Crippen LogP contribution in [0.2, 0.25) is 15.1 Å². The van der Waals surface area contributed by atoms with E-state index in [9.17, 15) is 4.79 Å².